The second-order valence-corrected chi connectivity index (χ2v) is 10.9. The van der Waals surface area contributed by atoms with Crippen LogP contribution in [0.5, 0.6) is 5.75 Å². The Morgan fingerprint density at radius 3 is 2.38 bits per heavy atom. The number of likely N-dealkylation sites (N-methyl/N-ethyl adjacent to an activating group) is 1. The van der Waals surface area contributed by atoms with Gasteiger partial charge in [-0.1, -0.05) is 37.2 Å². The minimum atomic E-state index is -3.06. The second kappa shape index (κ2) is 10.5. The maximum Gasteiger partial charge on any atom is 0.324 e. The molecule has 2 aliphatic heterocycles. The SMILES string of the molecule is CC(C)c1noc(N2CCC3(CC2)Oc2ccc(-c4ccc(C(=O)NCC(=O)N(C)C)cc4)cc2CC3(F)F)n1. The molecule has 2 aromatic carbocycles. The molecule has 5 rings (SSSR count). The lowest BCUT2D eigenvalue weighted by Gasteiger charge is -2.48. The summed E-state index contributed by atoms with van der Waals surface area (Å²) >= 11 is 0. The van der Waals surface area contributed by atoms with E-state index in [2.05, 4.69) is 15.5 Å². The van der Waals surface area contributed by atoms with E-state index in [0.717, 1.165) is 11.1 Å². The monoisotopic (exact) mass is 553 g/mol. The van der Waals surface area contributed by atoms with E-state index in [1.54, 1.807) is 50.5 Å². The molecule has 212 valence electrons. The van der Waals surface area contributed by atoms with Crippen molar-refractivity contribution in [2.24, 2.45) is 0 Å². The first-order chi connectivity index (χ1) is 19.0. The number of amides is 2. The van der Waals surface area contributed by atoms with E-state index in [-0.39, 0.29) is 37.1 Å². The standard InChI is InChI=1S/C29H33F2N5O4/c1-18(2)25-33-27(40-34-25)36-13-11-28(12-14-36)29(30,31)16-22-15-21(9-10-23(22)39-28)19-5-7-20(8-6-19)26(38)32-17-24(37)35(3)4/h5-10,15,18H,11-14,16-17H2,1-4H3,(H,32,38). The first-order valence-corrected chi connectivity index (χ1v) is 13.4. The molecule has 0 bridgehead atoms. The van der Waals surface area contributed by atoms with E-state index >= 15 is 8.78 Å². The molecule has 2 amide bonds. The smallest absolute Gasteiger partial charge is 0.324 e. The first-order valence-electron chi connectivity index (χ1n) is 13.4. The Morgan fingerprint density at radius 1 is 1.07 bits per heavy atom. The van der Waals surface area contributed by atoms with Gasteiger partial charge in [-0.25, -0.2) is 8.78 Å². The molecule has 3 heterocycles. The molecule has 11 heteroatoms. The quantitative estimate of drug-likeness (QED) is 0.486. The summed E-state index contributed by atoms with van der Waals surface area (Å²) in [6.07, 6.45) is -0.164. The Kier molecular flexibility index (Phi) is 7.24. The summed E-state index contributed by atoms with van der Waals surface area (Å²) < 4.78 is 42.7. The molecule has 2 aliphatic rings. The first kappa shape index (κ1) is 27.5. The Hall–Kier alpha value is -4.02. The number of alkyl halides is 2. The predicted molar refractivity (Wildman–Crippen MR) is 145 cm³/mol. The van der Waals surface area contributed by atoms with Gasteiger partial charge in [-0.15, -0.1) is 0 Å². The van der Waals surface area contributed by atoms with E-state index in [9.17, 15) is 9.59 Å². The lowest BCUT2D eigenvalue weighted by Crippen LogP contribution is -2.61. The predicted octanol–water partition coefficient (Wildman–Crippen LogP) is 4.29. The zero-order chi connectivity index (χ0) is 28.7. The van der Waals surface area contributed by atoms with E-state index in [1.165, 1.54) is 4.90 Å². The number of hydrogen-bond donors (Lipinski definition) is 1. The van der Waals surface area contributed by atoms with Crippen LogP contribution in [-0.2, 0) is 11.2 Å². The van der Waals surface area contributed by atoms with Gasteiger partial charge in [-0.05, 0) is 35.4 Å². The molecule has 0 atom stereocenters. The third-order valence-corrected chi connectivity index (χ3v) is 7.61. The Balaban J connectivity index is 1.27. The molecule has 0 saturated carbocycles. The average molecular weight is 554 g/mol. The van der Waals surface area contributed by atoms with Crippen LogP contribution in [0.1, 0.15) is 54.4 Å². The molecule has 1 saturated heterocycles. The number of fused-ring (bicyclic) bond motifs is 1. The van der Waals surface area contributed by atoms with Gasteiger partial charge in [0, 0.05) is 63.5 Å². The minimum Gasteiger partial charge on any atom is -0.481 e. The number of rotatable bonds is 6. The number of nitrogens with zero attached hydrogens (tertiary/aromatic N) is 4. The Bertz CT molecular complexity index is 1400. The molecule has 0 radical (unpaired) electrons. The number of benzene rings is 2. The summed E-state index contributed by atoms with van der Waals surface area (Å²) in [4.78, 5) is 31.7. The van der Waals surface area contributed by atoms with Gasteiger partial charge in [-0.2, -0.15) is 4.98 Å². The number of nitrogens with one attached hydrogen (secondary N) is 1. The molecule has 0 aliphatic carbocycles. The Labute approximate surface area is 231 Å². The van der Waals surface area contributed by atoms with Crippen molar-refractivity contribution in [3.8, 4) is 16.9 Å². The van der Waals surface area contributed by atoms with Gasteiger partial charge in [0.25, 0.3) is 11.8 Å². The molecule has 3 aromatic rings. The second-order valence-electron chi connectivity index (χ2n) is 10.9. The summed E-state index contributed by atoms with van der Waals surface area (Å²) in [7, 11) is 3.23. The maximum absolute atomic E-state index is 15.7. The number of anilines is 1. The van der Waals surface area contributed by atoms with E-state index in [1.807, 2.05) is 24.8 Å². The maximum atomic E-state index is 15.7. The highest BCUT2D eigenvalue weighted by molar-refractivity contribution is 5.96. The molecule has 9 nitrogen and oxygen atoms in total. The third-order valence-electron chi connectivity index (χ3n) is 7.61. The topological polar surface area (TPSA) is 101 Å². The van der Waals surface area contributed by atoms with Crippen molar-refractivity contribution in [2.45, 2.75) is 50.6 Å². The van der Waals surface area contributed by atoms with Crippen molar-refractivity contribution in [3.05, 3.63) is 59.4 Å². The van der Waals surface area contributed by atoms with Crippen molar-refractivity contribution < 1.29 is 27.6 Å². The van der Waals surface area contributed by atoms with Gasteiger partial charge < -0.3 is 24.4 Å². The van der Waals surface area contributed by atoms with Crippen LogP contribution in [-0.4, -0.2) is 72.1 Å². The molecule has 40 heavy (non-hydrogen) atoms. The highest BCUT2D eigenvalue weighted by Crippen LogP contribution is 2.49. The van der Waals surface area contributed by atoms with Gasteiger partial charge in [0.05, 0.1) is 6.54 Å². The van der Waals surface area contributed by atoms with Gasteiger partial charge in [0.2, 0.25) is 5.91 Å². The van der Waals surface area contributed by atoms with E-state index in [0.29, 0.717) is 41.8 Å². The molecular formula is C29H33F2N5O4. The molecule has 1 fully saturated rings. The van der Waals surface area contributed by atoms with Crippen molar-refractivity contribution in [1.82, 2.24) is 20.4 Å². The number of ether oxygens (including phenoxy) is 1. The normalized spacial score (nSPS) is 17.3. The third kappa shape index (κ3) is 5.24. The van der Waals surface area contributed by atoms with Crippen molar-refractivity contribution >= 4 is 17.8 Å². The zero-order valence-electron chi connectivity index (χ0n) is 23.0. The summed E-state index contributed by atoms with van der Waals surface area (Å²) in [6, 6.07) is 12.5. The number of carbonyl (C=O) groups excluding carboxylic acids is 2. The van der Waals surface area contributed by atoms with E-state index in [4.69, 9.17) is 9.26 Å². The number of halogens is 2. The molecule has 1 N–H and O–H groups in total. The fourth-order valence-corrected chi connectivity index (χ4v) is 5.03. The molecule has 1 aromatic heterocycles. The van der Waals surface area contributed by atoms with Gasteiger partial charge in [-0.3, -0.25) is 9.59 Å². The van der Waals surface area contributed by atoms with Crippen molar-refractivity contribution in [1.29, 1.82) is 0 Å². The largest absolute Gasteiger partial charge is 0.481 e. The van der Waals surface area contributed by atoms with E-state index < -0.39 is 17.9 Å². The number of piperidine rings is 1. The summed E-state index contributed by atoms with van der Waals surface area (Å²) in [5.41, 5.74) is 0.773. The summed E-state index contributed by atoms with van der Waals surface area (Å²) in [5.74, 6) is -2.47. The highest BCUT2D eigenvalue weighted by atomic mass is 19.3. The van der Waals surface area contributed by atoms with Crippen LogP contribution in [0, 0.1) is 0 Å². The van der Waals surface area contributed by atoms with Crippen LogP contribution in [0.3, 0.4) is 0 Å². The Morgan fingerprint density at radius 2 is 1.75 bits per heavy atom. The average Bonchev–Trinajstić information content (AvgIpc) is 3.43. The minimum absolute atomic E-state index is 0.0951. The molecule has 1 spiro atoms. The van der Waals surface area contributed by atoms with Crippen molar-refractivity contribution in [3.63, 3.8) is 0 Å². The lowest BCUT2D eigenvalue weighted by atomic mass is 9.79. The van der Waals surface area contributed by atoms with Crippen LogP contribution >= 0.6 is 0 Å². The van der Waals surface area contributed by atoms with Crippen LogP contribution in [0.4, 0.5) is 14.8 Å². The summed E-state index contributed by atoms with van der Waals surface area (Å²) in [6.45, 7) is 4.48. The highest BCUT2D eigenvalue weighted by Gasteiger charge is 2.59. The van der Waals surface area contributed by atoms with Crippen LogP contribution in [0.15, 0.2) is 47.0 Å². The number of hydrogen-bond acceptors (Lipinski definition) is 7. The van der Waals surface area contributed by atoms with Gasteiger partial charge in [0.15, 0.2) is 11.4 Å². The van der Waals surface area contributed by atoms with Gasteiger partial charge >= 0.3 is 6.01 Å². The fourth-order valence-electron chi connectivity index (χ4n) is 5.03. The lowest BCUT2D eigenvalue weighted by molar-refractivity contribution is -0.185. The molecular weight excluding hydrogens is 520 g/mol. The fraction of sp³-hybridized carbons (Fsp3) is 0.448. The van der Waals surface area contributed by atoms with Gasteiger partial charge in [0.1, 0.15) is 5.75 Å². The van der Waals surface area contributed by atoms with Crippen molar-refractivity contribution in [2.75, 3.05) is 38.6 Å². The van der Waals surface area contributed by atoms with Crippen LogP contribution in [0.25, 0.3) is 11.1 Å². The molecule has 0 unspecified atom stereocenters. The summed E-state index contributed by atoms with van der Waals surface area (Å²) in [5, 5.41) is 6.57. The number of aromatic nitrogens is 2. The zero-order valence-corrected chi connectivity index (χ0v) is 23.0. The number of carbonyl (C=O) groups is 2. The van der Waals surface area contributed by atoms with Crippen LogP contribution in [0.2, 0.25) is 0 Å². The van der Waals surface area contributed by atoms with Crippen LogP contribution < -0.4 is 15.0 Å².